The molecule has 5 nitrogen and oxygen atoms in total. The van der Waals surface area contributed by atoms with Crippen LogP contribution in [-0.4, -0.2) is 54.3 Å². The Balaban J connectivity index is 1.37. The van der Waals surface area contributed by atoms with E-state index >= 15 is 0 Å². The average Bonchev–Trinajstić information content (AvgIpc) is 3.33. The summed E-state index contributed by atoms with van der Waals surface area (Å²) in [6.45, 7) is 5.89. The topological polar surface area (TPSA) is 52.7 Å². The highest BCUT2D eigenvalue weighted by atomic mass is 32.1. The smallest absolute Gasteiger partial charge is 0.258 e. The summed E-state index contributed by atoms with van der Waals surface area (Å²) in [4.78, 5) is 31.2. The zero-order valence-electron chi connectivity index (χ0n) is 18.0. The third kappa shape index (κ3) is 5.23. The van der Waals surface area contributed by atoms with E-state index in [-0.39, 0.29) is 11.5 Å². The highest BCUT2D eigenvalue weighted by Gasteiger charge is 2.23. The first-order chi connectivity index (χ1) is 15.5. The predicted molar refractivity (Wildman–Crippen MR) is 126 cm³/mol. The van der Waals surface area contributed by atoms with Crippen LogP contribution in [0, 0.1) is 12.7 Å². The zero-order chi connectivity index (χ0) is 22.5. The van der Waals surface area contributed by atoms with Gasteiger partial charge in [0.05, 0.1) is 5.56 Å². The Labute approximate surface area is 191 Å². The minimum atomic E-state index is -0.577. The van der Waals surface area contributed by atoms with E-state index in [0.717, 1.165) is 31.6 Å². The lowest BCUT2D eigenvalue weighted by atomic mass is 10.1. The molecule has 0 saturated carbocycles. The maximum absolute atomic E-state index is 13.9. The second kappa shape index (κ2) is 10.1. The van der Waals surface area contributed by atoms with Gasteiger partial charge in [-0.05, 0) is 54.6 Å². The van der Waals surface area contributed by atoms with Crippen molar-refractivity contribution in [2.75, 3.05) is 38.0 Å². The molecule has 0 atom stereocenters. The Morgan fingerprint density at radius 2 is 1.81 bits per heavy atom. The number of aryl methyl sites for hydroxylation is 1. The molecule has 1 N–H and O–H groups in total. The fourth-order valence-electron chi connectivity index (χ4n) is 3.80. The molecule has 3 aromatic rings. The Morgan fingerprint density at radius 1 is 1.03 bits per heavy atom. The molecular weight excluding hydrogens is 425 g/mol. The van der Waals surface area contributed by atoms with Gasteiger partial charge in [-0.1, -0.05) is 24.3 Å². The molecular formula is C25H26FN3O2S. The molecule has 4 rings (SSSR count). The number of nitrogens with zero attached hydrogens (tertiary/aromatic N) is 2. The third-order valence-electron chi connectivity index (χ3n) is 5.77. The standard InChI is InChI=1S/C25H26FN3O2S/c1-18-8-9-19(17-23(18)27-24(30)21-6-2-3-7-22(21)26)25(31)29-14-12-28(13-15-29)11-10-20-5-4-16-32-20/h2-9,16-17H,10-15H2,1H3,(H,27,30). The van der Waals surface area contributed by atoms with Crippen LogP contribution in [0.15, 0.2) is 60.0 Å². The Kier molecular flexibility index (Phi) is 6.97. The largest absolute Gasteiger partial charge is 0.336 e. The van der Waals surface area contributed by atoms with Crippen molar-refractivity contribution in [2.45, 2.75) is 13.3 Å². The molecule has 1 aliphatic heterocycles. The minimum Gasteiger partial charge on any atom is -0.336 e. The third-order valence-corrected chi connectivity index (χ3v) is 6.70. The maximum atomic E-state index is 13.9. The first-order valence-electron chi connectivity index (χ1n) is 10.7. The maximum Gasteiger partial charge on any atom is 0.258 e. The summed E-state index contributed by atoms with van der Waals surface area (Å²) < 4.78 is 13.9. The molecule has 0 bridgehead atoms. The molecule has 2 heterocycles. The molecule has 1 saturated heterocycles. The second-order valence-electron chi connectivity index (χ2n) is 7.93. The number of anilines is 1. The number of carbonyl (C=O) groups excluding carboxylic acids is 2. The fourth-order valence-corrected chi connectivity index (χ4v) is 4.50. The number of rotatable bonds is 6. The summed E-state index contributed by atoms with van der Waals surface area (Å²) in [6, 6.07) is 15.3. The van der Waals surface area contributed by atoms with Crippen molar-refractivity contribution < 1.29 is 14.0 Å². The lowest BCUT2D eigenvalue weighted by molar-refractivity contribution is 0.0638. The zero-order valence-corrected chi connectivity index (χ0v) is 18.8. The number of halogens is 1. The quantitative estimate of drug-likeness (QED) is 0.603. The Bertz CT molecular complexity index is 1090. The number of amides is 2. The van der Waals surface area contributed by atoms with E-state index in [2.05, 4.69) is 27.7 Å². The van der Waals surface area contributed by atoms with Crippen LogP contribution >= 0.6 is 11.3 Å². The molecule has 0 unspecified atom stereocenters. The highest BCUT2D eigenvalue weighted by Crippen LogP contribution is 2.21. The molecule has 1 aromatic heterocycles. The van der Waals surface area contributed by atoms with Crippen LogP contribution in [0.4, 0.5) is 10.1 Å². The fraction of sp³-hybridized carbons (Fsp3) is 0.280. The van der Waals surface area contributed by atoms with Crippen LogP contribution < -0.4 is 5.32 Å². The Morgan fingerprint density at radius 3 is 2.53 bits per heavy atom. The Hall–Kier alpha value is -3.03. The number of thiophene rings is 1. The summed E-state index contributed by atoms with van der Waals surface area (Å²) in [5.74, 6) is -1.16. The van der Waals surface area contributed by atoms with Gasteiger partial charge in [-0.2, -0.15) is 0 Å². The van der Waals surface area contributed by atoms with E-state index in [1.165, 1.54) is 17.0 Å². The summed E-state index contributed by atoms with van der Waals surface area (Å²) in [5.41, 5.74) is 1.82. The van der Waals surface area contributed by atoms with Crippen molar-refractivity contribution in [2.24, 2.45) is 0 Å². The van der Waals surface area contributed by atoms with Crippen LogP contribution in [0.2, 0.25) is 0 Å². The summed E-state index contributed by atoms with van der Waals surface area (Å²) >= 11 is 1.78. The van der Waals surface area contributed by atoms with Crippen LogP contribution in [-0.2, 0) is 6.42 Å². The second-order valence-corrected chi connectivity index (χ2v) is 8.96. The lowest BCUT2D eigenvalue weighted by Gasteiger charge is -2.34. The van der Waals surface area contributed by atoms with E-state index in [4.69, 9.17) is 0 Å². The molecule has 0 aliphatic carbocycles. The average molecular weight is 452 g/mol. The number of carbonyl (C=O) groups is 2. The van der Waals surface area contributed by atoms with Gasteiger partial charge in [-0.3, -0.25) is 14.5 Å². The normalized spacial score (nSPS) is 14.4. The molecule has 7 heteroatoms. The molecule has 2 aromatic carbocycles. The number of piperazine rings is 1. The van der Waals surface area contributed by atoms with Gasteiger partial charge >= 0.3 is 0 Å². The van der Waals surface area contributed by atoms with Gasteiger partial charge in [-0.15, -0.1) is 11.3 Å². The number of hydrogen-bond donors (Lipinski definition) is 1. The van der Waals surface area contributed by atoms with Gasteiger partial charge in [0.1, 0.15) is 5.82 Å². The summed E-state index contributed by atoms with van der Waals surface area (Å²) in [6.07, 6.45) is 1.04. The van der Waals surface area contributed by atoms with Crippen molar-refractivity contribution in [3.8, 4) is 0 Å². The van der Waals surface area contributed by atoms with Gasteiger partial charge in [0.25, 0.3) is 11.8 Å². The van der Waals surface area contributed by atoms with E-state index in [1.807, 2.05) is 17.9 Å². The van der Waals surface area contributed by atoms with Crippen molar-refractivity contribution in [3.05, 3.63) is 87.4 Å². The molecule has 2 amide bonds. The van der Waals surface area contributed by atoms with Gasteiger partial charge < -0.3 is 10.2 Å². The lowest BCUT2D eigenvalue weighted by Crippen LogP contribution is -2.49. The van der Waals surface area contributed by atoms with E-state index < -0.39 is 11.7 Å². The SMILES string of the molecule is Cc1ccc(C(=O)N2CCN(CCc3cccs3)CC2)cc1NC(=O)c1ccccc1F. The van der Waals surface area contributed by atoms with Gasteiger partial charge in [0.15, 0.2) is 0 Å². The van der Waals surface area contributed by atoms with Crippen molar-refractivity contribution >= 4 is 28.8 Å². The van der Waals surface area contributed by atoms with Crippen LogP contribution in [0.3, 0.4) is 0 Å². The van der Waals surface area contributed by atoms with E-state index in [0.29, 0.717) is 24.3 Å². The minimum absolute atomic E-state index is 0.0256. The van der Waals surface area contributed by atoms with Gasteiger partial charge in [-0.25, -0.2) is 4.39 Å². The van der Waals surface area contributed by atoms with Crippen molar-refractivity contribution in [1.82, 2.24) is 9.80 Å². The van der Waals surface area contributed by atoms with Crippen LogP contribution in [0.5, 0.6) is 0 Å². The van der Waals surface area contributed by atoms with Crippen molar-refractivity contribution in [3.63, 3.8) is 0 Å². The van der Waals surface area contributed by atoms with E-state index in [1.54, 1.807) is 35.6 Å². The molecule has 0 radical (unpaired) electrons. The molecule has 1 aliphatic rings. The molecule has 166 valence electrons. The first-order valence-corrected chi connectivity index (χ1v) is 11.6. The van der Waals surface area contributed by atoms with Crippen LogP contribution in [0.25, 0.3) is 0 Å². The highest BCUT2D eigenvalue weighted by molar-refractivity contribution is 7.09. The van der Waals surface area contributed by atoms with Crippen LogP contribution in [0.1, 0.15) is 31.2 Å². The first kappa shape index (κ1) is 22.2. The molecule has 1 fully saturated rings. The molecule has 32 heavy (non-hydrogen) atoms. The number of hydrogen-bond acceptors (Lipinski definition) is 4. The summed E-state index contributed by atoms with van der Waals surface area (Å²) in [5, 5.41) is 4.84. The number of benzene rings is 2. The van der Waals surface area contributed by atoms with E-state index in [9.17, 15) is 14.0 Å². The van der Waals surface area contributed by atoms with Gasteiger partial charge in [0, 0.05) is 48.9 Å². The van der Waals surface area contributed by atoms with Crippen molar-refractivity contribution in [1.29, 1.82) is 0 Å². The monoisotopic (exact) mass is 451 g/mol. The molecule has 0 spiro atoms. The number of nitrogens with one attached hydrogen (secondary N) is 1. The predicted octanol–water partition coefficient (Wildman–Crippen LogP) is 4.45. The van der Waals surface area contributed by atoms with Gasteiger partial charge in [0.2, 0.25) is 0 Å². The summed E-state index contributed by atoms with van der Waals surface area (Å²) in [7, 11) is 0.